The van der Waals surface area contributed by atoms with Crippen LogP contribution < -0.4 is 0 Å². The van der Waals surface area contributed by atoms with Gasteiger partial charge in [-0.1, -0.05) is 37.9 Å². The SMILES string of the molecule is CCC(C)C[C@@H](C(=O)O)c1c(C)n(C(=O)c2cccc(Cl)c2)c2ccc(O)cc12. The van der Waals surface area contributed by atoms with Crippen molar-refractivity contribution in [2.75, 3.05) is 0 Å². The van der Waals surface area contributed by atoms with Gasteiger partial charge >= 0.3 is 5.97 Å². The van der Waals surface area contributed by atoms with Gasteiger partial charge in [-0.3, -0.25) is 14.2 Å². The van der Waals surface area contributed by atoms with Gasteiger partial charge in [0.05, 0.1) is 11.4 Å². The van der Waals surface area contributed by atoms with Crippen molar-refractivity contribution in [1.29, 1.82) is 0 Å². The second-order valence-electron chi connectivity index (χ2n) is 7.49. The molecule has 3 aromatic rings. The number of fused-ring (bicyclic) bond motifs is 1. The zero-order chi connectivity index (χ0) is 21.3. The first-order valence-electron chi connectivity index (χ1n) is 9.61. The molecule has 0 saturated heterocycles. The molecule has 6 heteroatoms. The number of carboxylic acids is 1. The molecule has 5 nitrogen and oxygen atoms in total. The summed E-state index contributed by atoms with van der Waals surface area (Å²) in [4.78, 5) is 25.4. The zero-order valence-electron chi connectivity index (χ0n) is 16.6. The molecule has 0 radical (unpaired) electrons. The number of aliphatic carboxylic acids is 1. The Morgan fingerprint density at radius 3 is 2.52 bits per heavy atom. The Hall–Kier alpha value is -2.79. The number of halogens is 1. The van der Waals surface area contributed by atoms with E-state index in [9.17, 15) is 19.8 Å². The number of benzene rings is 2. The molecular formula is C23H24ClNO4. The molecule has 2 aromatic carbocycles. The van der Waals surface area contributed by atoms with Crippen molar-refractivity contribution in [3.63, 3.8) is 0 Å². The van der Waals surface area contributed by atoms with Crippen LogP contribution in [-0.4, -0.2) is 26.7 Å². The van der Waals surface area contributed by atoms with Crippen molar-refractivity contribution in [1.82, 2.24) is 4.57 Å². The first kappa shape index (κ1) is 20.9. The molecule has 0 aliphatic rings. The van der Waals surface area contributed by atoms with E-state index in [4.69, 9.17) is 11.6 Å². The fraction of sp³-hybridized carbons (Fsp3) is 0.304. The van der Waals surface area contributed by atoms with E-state index in [1.54, 1.807) is 37.3 Å². The van der Waals surface area contributed by atoms with Crippen LogP contribution in [0.2, 0.25) is 5.02 Å². The van der Waals surface area contributed by atoms with E-state index in [0.717, 1.165) is 6.42 Å². The minimum Gasteiger partial charge on any atom is -0.508 e. The third kappa shape index (κ3) is 4.01. The lowest BCUT2D eigenvalue weighted by atomic mass is 9.87. The quantitative estimate of drug-likeness (QED) is 0.551. The molecule has 0 bridgehead atoms. The summed E-state index contributed by atoms with van der Waals surface area (Å²) in [6.07, 6.45) is 1.31. The van der Waals surface area contributed by atoms with Crippen LogP contribution in [0.25, 0.3) is 10.9 Å². The number of carbonyl (C=O) groups is 2. The molecular weight excluding hydrogens is 390 g/mol. The molecule has 3 rings (SSSR count). The standard InChI is InChI=1S/C23H24ClNO4/c1-4-13(2)10-19(23(28)29)21-14(3)25(20-9-8-17(26)12-18(20)21)22(27)15-6-5-7-16(24)11-15/h5-9,11-13,19,26H,4,10H2,1-3H3,(H,28,29)/t13?,19-/m1/s1. The fourth-order valence-electron chi connectivity index (χ4n) is 3.79. The lowest BCUT2D eigenvalue weighted by Crippen LogP contribution is -2.18. The topological polar surface area (TPSA) is 79.5 Å². The summed E-state index contributed by atoms with van der Waals surface area (Å²) in [6.45, 7) is 5.79. The Bertz CT molecular complexity index is 1090. The number of hydrogen-bond donors (Lipinski definition) is 2. The van der Waals surface area contributed by atoms with Crippen LogP contribution in [0.5, 0.6) is 5.75 Å². The molecule has 0 aliphatic heterocycles. The number of aromatic nitrogens is 1. The molecule has 152 valence electrons. The highest BCUT2D eigenvalue weighted by Crippen LogP contribution is 2.38. The first-order valence-corrected chi connectivity index (χ1v) is 9.99. The van der Waals surface area contributed by atoms with Crippen LogP contribution >= 0.6 is 11.6 Å². The summed E-state index contributed by atoms with van der Waals surface area (Å²) in [5.74, 6) is -1.78. The average molecular weight is 414 g/mol. The van der Waals surface area contributed by atoms with Gasteiger partial charge in [-0.2, -0.15) is 0 Å². The molecule has 0 aliphatic carbocycles. The first-order chi connectivity index (χ1) is 13.7. The fourth-order valence-corrected chi connectivity index (χ4v) is 3.98. The molecule has 29 heavy (non-hydrogen) atoms. The second-order valence-corrected chi connectivity index (χ2v) is 7.93. The third-order valence-corrected chi connectivity index (χ3v) is 5.73. The van der Waals surface area contributed by atoms with Crippen LogP contribution in [0, 0.1) is 12.8 Å². The largest absolute Gasteiger partial charge is 0.508 e. The third-order valence-electron chi connectivity index (χ3n) is 5.49. The highest BCUT2D eigenvalue weighted by molar-refractivity contribution is 6.31. The van der Waals surface area contributed by atoms with Crippen LogP contribution in [0.3, 0.4) is 0 Å². The number of carbonyl (C=O) groups excluding carboxylic acids is 1. The average Bonchev–Trinajstić information content (AvgIpc) is 2.96. The Balaban J connectivity index is 2.26. The van der Waals surface area contributed by atoms with E-state index >= 15 is 0 Å². The van der Waals surface area contributed by atoms with Gasteiger partial charge in [-0.15, -0.1) is 0 Å². The number of rotatable bonds is 6. The van der Waals surface area contributed by atoms with Gasteiger partial charge in [0.2, 0.25) is 0 Å². The highest BCUT2D eigenvalue weighted by atomic mass is 35.5. The predicted octanol–water partition coefficient (Wildman–Crippen LogP) is 5.60. The normalized spacial score (nSPS) is 13.4. The van der Waals surface area contributed by atoms with Crippen LogP contribution in [0.1, 0.15) is 54.2 Å². The maximum absolute atomic E-state index is 13.3. The Labute approximate surface area is 174 Å². The molecule has 0 saturated carbocycles. The molecule has 0 spiro atoms. The number of aromatic hydroxyl groups is 1. The lowest BCUT2D eigenvalue weighted by Gasteiger charge is -2.17. The van der Waals surface area contributed by atoms with Crippen molar-refractivity contribution >= 4 is 34.4 Å². The number of hydrogen-bond acceptors (Lipinski definition) is 3. The van der Waals surface area contributed by atoms with Crippen LogP contribution in [-0.2, 0) is 4.79 Å². The van der Waals surface area contributed by atoms with Crippen molar-refractivity contribution in [3.05, 3.63) is 64.3 Å². The molecule has 1 heterocycles. The summed E-state index contributed by atoms with van der Waals surface area (Å²) in [5, 5.41) is 21.0. The summed E-state index contributed by atoms with van der Waals surface area (Å²) in [5.41, 5.74) is 2.10. The van der Waals surface area contributed by atoms with E-state index in [2.05, 4.69) is 0 Å². The molecule has 0 fully saturated rings. The van der Waals surface area contributed by atoms with Crippen LogP contribution in [0.15, 0.2) is 42.5 Å². The van der Waals surface area contributed by atoms with Gasteiger partial charge in [0.25, 0.3) is 5.91 Å². The van der Waals surface area contributed by atoms with Gasteiger partial charge in [0, 0.05) is 21.7 Å². The summed E-state index contributed by atoms with van der Waals surface area (Å²) < 4.78 is 1.52. The van der Waals surface area contributed by atoms with E-state index in [1.807, 2.05) is 13.8 Å². The van der Waals surface area contributed by atoms with E-state index in [-0.39, 0.29) is 17.6 Å². The Morgan fingerprint density at radius 2 is 1.90 bits per heavy atom. The van der Waals surface area contributed by atoms with Crippen molar-refractivity contribution in [2.45, 2.75) is 39.5 Å². The molecule has 2 N–H and O–H groups in total. The maximum Gasteiger partial charge on any atom is 0.311 e. The number of phenols is 1. The second kappa shape index (κ2) is 8.29. The van der Waals surface area contributed by atoms with Crippen molar-refractivity contribution in [2.24, 2.45) is 5.92 Å². The number of carboxylic acid groups (broad SMARTS) is 1. The van der Waals surface area contributed by atoms with Gasteiger partial charge in [0.15, 0.2) is 0 Å². The van der Waals surface area contributed by atoms with Gasteiger partial charge < -0.3 is 10.2 Å². The lowest BCUT2D eigenvalue weighted by molar-refractivity contribution is -0.139. The Morgan fingerprint density at radius 1 is 1.17 bits per heavy atom. The van der Waals surface area contributed by atoms with E-state index in [1.165, 1.54) is 16.7 Å². The zero-order valence-corrected chi connectivity index (χ0v) is 17.4. The Kier molecular flexibility index (Phi) is 5.99. The minimum atomic E-state index is -0.939. The predicted molar refractivity (Wildman–Crippen MR) is 114 cm³/mol. The maximum atomic E-state index is 13.3. The minimum absolute atomic E-state index is 0.0267. The molecule has 1 aromatic heterocycles. The van der Waals surface area contributed by atoms with Gasteiger partial charge in [-0.25, -0.2) is 0 Å². The van der Waals surface area contributed by atoms with Crippen LogP contribution in [0.4, 0.5) is 0 Å². The van der Waals surface area contributed by atoms with Crippen molar-refractivity contribution in [3.8, 4) is 5.75 Å². The smallest absolute Gasteiger partial charge is 0.311 e. The highest BCUT2D eigenvalue weighted by Gasteiger charge is 2.30. The van der Waals surface area contributed by atoms with E-state index in [0.29, 0.717) is 39.2 Å². The van der Waals surface area contributed by atoms with E-state index < -0.39 is 11.9 Å². The summed E-state index contributed by atoms with van der Waals surface area (Å²) in [7, 11) is 0. The number of phenolic OH excluding ortho intramolecular Hbond substituents is 1. The van der Waals surface area contributed by atoms with Crippen molar-refractivity contribution < 1.29 is 19.8 Å². The summed E-state index contributed by atoms with van der Waals surface area (Å²) >= 11 is 6.05. The summed E-state index contributed by atoms with van der Waals surface area (Å²) in [6, 6.07) is 11.3. The molecule has 0 amide bonds. The van der Waals surface area contributed by atoms with Gasteiger partial charge in [0.1, 0.15) is 5.75 Å². The van der Waals surface area contributed by atoms with Gasteiger partial charge in [-0.05, 0) is 61.2 Å². The monoisotopic (exact) mass is 413 g/mol. The number of nitrogens with zero attached hydrogens (tertiary/aromatic N) is 1. The molecule has 1 unspecified atom stereocenters. The molecule has 2 atom stereocenters.